The molecule has 3 rings (SSSR count). The third kappa shape index (κ3) is 4.47. The fourth-order valence-electron chi connectivity index (χ4n) is 2.70. The number of amides is 1. The van der Waals surface area contributed by atoms with Crippen molar-refractivity contribution in [1.29, 1.82) is 0 Å². The zero-order valence-corrected chi connectivity index (χ0v) is 18.0. The highest BCUT2D eigenvalue weighted by Crippen LogP contribution is 2.36. The minimum absolute atomic E-state index is 0.0166. The molecule has 1 amide bonds. The van der Waals surface area contributed by atoms with E-state index in [1.807, 2.05) is 24.3 Å². The second-order valence-electron chi connectivity index (χ2n) is 5.82. The van der Waals surface area contributed by atoms with Gasteiger partial charge in [0.05, 0.1) is 32.8 Å². The number of rotatable bonds is 4. The Morgan fingerprint density at radius 2 is 1.97 bits per heavy atom. The van der Waals surface area contributed by atoms with Gasteiger partial charge in [0.25, 0.3) is 11.6 Å². The van der Waals surface area contributed by atoms with Gasteiger partial charge < -0.3 is 10.1 Å². The number of non-ortho nitro benzene ring substituents is 1. The standard InChI is InChI=1S/C19H13BrClN3O4S/c1-28-17-13(8-10-4-2-3-5-12(10)16(17)20)18(25)23-19(29)22-15-7-6-11(24(26)27)9-14(15)21/h2-9H,1H3,(H2,22,23,25,29). The summed E-state index contributed by atoms with van der Waals surface area (Å²) in [5.74, 6) is -0.110. The number of hydrogen-bond acceptors (Lipinski definition) is 5. The Hall–Kier alpha value is -2.75. The molecule has 0 atom stereocenters. The quantitative estimate of drug-likeness (QED) is 0.290. The zero-order chi connectivity index (χ0) is 21.1. The molecular weight excluding hydrogens is 482 g/mol. The van der Waals surface area contributed by atoms with Crippen molar-refractivity contribution >= 4 is 72.9 Å². The maximum absolute atomic E-state index is 12.8. The van der Waals surface area contributed by atoms with Crippen molar-refractivity contribution in [1.82, 2.24) is 5.32 Å². The van der Waals surface area contributed by atoms with E-state index in [4.69, 9.17) is 28.6 Å². The topological polar surface area (TPSA) is 93.5 Å². The second-order valence-corrected chi connectivity index (χ2v) is 7.43. The summed E-state index contributed by atoms with van der Waals surface area (Å²) in [6, 6.07) is 13.1. The number of carbonyl (C=O) groups excluding carboxylic acids is 1. The van der Waals surface area contributed by atoms with Crippen molar-refractivity contribution in [2.45, 2.75) is 0 Å². The number of halogens is 2. The summed E-state index contributed by atoms with van der Waals surface area (Å²) < 4.78 is 6.06. The number of ether oxygens (including phenoxy) is 1. The van der Waals surface area contributed by atoms with Gasteiger partial charge in [0.1, 0.15) is 5.75 Å². The molecule has 0 aromatic heterocycles. The van der Waals surface area contributed by atoms with E-state index in [1.54, 1.807) is 6.07 Å². The molecule has 0 heterocycles. The molecule has 0 saturated carbocycles. The van der Waals surface area contributed by atoms with Crippen molar-refractivity contribution in [3.8, 4) is 5.75 Å². The third-order valence-corrected chi connectivity index (χ3v) is 5.33. The summed E-state index contributed by atoms with van der Waals surface area (Å²) in [6.07, 6.45) is 0. The molecule has 0 radical (unpaired) electrons. The van der Waals surface area contributed by atoms with Crippen LogP contribution in [-0.4, -0.2) is 23.1 Å². The fourth-order valence-corrected chi connectivity index (χ4v) is 3.86. The molecule has 0 saturated heterocycles. The molecular formula is C19H13BrClN3O4S. The summed E-state index contributed by atoms with van der Waals surface area (Å²) in [7, 11) is 1.47. The average Bonchev–Trinajstić information content (AvgIpc) is 2.69. The highest BCUT2D eigenvalue weighted by Gasteiger charge is 2.19. The molecule has 2 N–H and O–H groups in total. The normalized spacial score (nSPS) is 10.4. The predicted octanol–water partition coefficient (Wildman–Crippen LogP) is 5.30. The molecule has 148 valence electrons. The number of methoxy groups -OCH3 is 1. The van der Waals surface area contributed by atoms with Gasteiger partial charge in [-0.05, 0) is 51.1 Å². The van der Waals surface area contributed by atoms with Crippen LogP contribution in [0.25, 0.3) is 10.8 Å². The first-order valence-corrected chi connectivity index (χ1v) is 9.71. The van der Waals surface area contributed by atoms with Gasteiger partial charge in [-0.1, -0.05) is 35.9 Å². The van der Waals surface area contributed by atoms with Crippen LogP contribution < -0.4 is 15.4 Å². The molecule has 0 aliphatic rings. The van der Waals surface area contributed by atoms with Crippen LogP contribution >= 0.6 is 39.7 Å². The van der Waals surface area contributed by atoms with Crippen LogP contribution in [0.15, 0.2) is 53.0 Å². The van der Waals surface area contributed by atoms with E-state index in [-0.39, 0.29) is 21.4 Å². The molecule has 0 fully saturated rings. The highest BCUT2D eigenvalue weighted by molar-refractivity contribution is 9.10. The van der Waals surface area contributed by atoms with Crippen LogP contribution in [0, 0.1) is 10.1 Å². The van der Waals surface area contributed by atoms with E-state index < -0.39 is 10.8 Å². The SMILES string of the molecule is COc1c(C(=O)NC(=S)Nc2ccc([N+](=O)[O-])cc2Cl)cc2ccccc2c1Br. The van der Waals surface area contributed by atoms with Crippen molar-refractivity contribution in [2.24, 2.45) is 0 Å². The number of nitrogens with one attached hydrogen (secondary N) is 2. The van der Waals surface area contributed by atoms with E-state index in [9.17, 15) is 14.9 Å². The largest absolute Gasteiger partial charge is 0.495 e. The Kier molecular flexibility index (Phi) is 6.31. The number of anilines is 1. The lowest BCUT2D eigenvalue weighted by atomic mass is 10.1. The average molecular weight is 495 g/mol. The highest BCUT2D eigenvalue weighted by atomic mass is 79.9. The number of benzene rings is 3. The number of nitro benzene ring substituents is 1. The van der Waals surface area contributed by atoms with Gasteiger partial charge in [0.15, 0.2) is 5.11 Å². The minimum atomic E-state index is -0.556. The van der Waals surface area contributed by atoms with Crippen molar-refractivity contribution in [3.63, 3.8) is 0 Å². The summed E-state index contributed by atoms with van der Waals surface area (Å²) >= 11 is 14.7. The van der Waals surface area contributed by atoms with Crippen LogP contribution in [0.5, 0.6) is 5.75 Å². The van der Waals surface area contributed by atoms with Crippen molar-refractivity contribution < 1.29 is 14.5 Å². The van der Waals surface area contributed by atoms with E-state index in [0.717, 1.165) is 10.8 Å². The summed E-state index contributed by atoms with van der Waals surface area (Å²) in [5, 5.41) is 18.0. The number of thiocarbonyl (C=S) groups is 1. The number of fused-ring (bicyclic) bond motifs is 1. The van der Waals surface area contributed by atoms with Crippen LogP contribution in [-0.2, 0) is 0 Å². The van der Waals surface area contributed by atoms with Gasteiger partial charge in [-0.3, -0.25) is 20.2 Å². The number of nitro groups is 1. The molecule has 0 aliphatic carbocycles. The van der Waals surface area contributed by atoms with Gasteiger partial charge in [0, 0.05) is 12.1 Å². The maximum atomic E-state index is 12.8. The van der Waals surface area contributed by atoms with E-state index in [1.165, 1.54) is 25.3 Å². The van der Waals surface area contributed by atoms with Gasteiger partial charge in [-0.2, -0.15) is 0 Å². The molecule has 3 aromatic carbocycles. The van der Waals surface area contributed by atoms with Crippen LogP contribution in [0.3, 0.4) is 0 Å². The summed E-state index contributed by atoms with van der Waals surface area (Å²) in [4.78, 5) is 23.0. The predicted molar refractivity (Wildman–Crippen MR) is 120 cm³/mol. The maximum Gasteiger partial charge on any atom is 0.271 e. The summed E-state index contributed by atoms with van der Waals surface area (Å²) in [6.45, 7) is 0. The Morgan fingerprint density at radius 3 is 2.62 bits per heavy atom. The number of carbonyl (C=O) groups is 1. The lowest BCUT2D eigenvalue weighted by molar-refractivity contribution is -0.384. The number of hydrogen-bond donors (Lipinski definition) is 2. The van der Waals surface area contributed by atoms with Crippen LogP contribution in [0.4, 0.5) is 11.4 Å². The molecule has 0 bridgehead atoms. The molecule has 0 spiro atoms. The van der Waals surface area contributed by atoms with Crippen molar-refractivity contribution in [3.05, 3.63) is 73.7 Å². The van der Waals surface area contributed by atoms with E-state index in [2.05, 4.69) is 26.6 Å². The van der Waals surface area contributed by atoms with Gasteiger partial charge >= 0.3 is 0 Å². The first-order valence-electron chi connectivity index (χ1n) is 8.13. The molecule has 3 aromatic rings. The van der Waals surface area contributed by atoms with Crippen LogP contribution in [0.1, 0.15) is 10.4 Å². The smallest absolute Gasteiger partial charge is 0.271 e. The third-order valence-electron chi connectivity index (χ3n) is 4.03. The van der Waals surface area contributed by atoms with Crippen molar-refractivity contribution in [2.75, 3.05) is 12.4 Å². The molecule has 7 nitrogen and oxygen atoms in total. The fraction of sp³-hybridized carbons (Fsp3) is 0.0526. The lowest BCUT2D eigenvalue weighted by Crippen LogP contribution is -2.34. The molecule has 10 heteroatoms. The van der Waals surface area contributed by atoms with Gasteiger partial charge in [-0.25, -0.2) is 0 Å². The number of nitrogens with zero attached hydrogens (tertiary/aromatic N) is 1. The molecule has 29 heavy (non-hydrogen) atoms. The zero-order valence-electron chi connectivity index (χ0n) is 14.9. The van der Waals surface area contributed by atoms with E-state index in [0.29, 0.717) is 15.9 Å². The Labute approximate surface area is 184 Å². The minimum Gasteiger partial charge on any atom is -0.495 e. The molecule has 0 aliphatic heterocycles. The Balaban J connectivity index is 1.83. The molecule has 0 unspecified atom stereocenters. The van der Waals surface area contributed by atoms with Crippen LogP contribution in [0.2, 0.25) is 5.02 Å². The Bertz CT molecular complexity index is 1160. The van der Waals surface area contributed by atoms with E-state index >= 15 is 0 Å². The lowest BCUT2D eigenvalue weighted by Gasteiger charge is -2.15. The Morgan fingerprint density at radius 1 is 1.24 bits per heavy atom. The van der Waals surface area contributed by atoms with Gasteiger partial charge in [0.2, 0.25) is 0 Å². The second kappa shape index (κ2) is 8.73. The first-order chi connectivity index (χ1) is 13.8. The summed E-state index contributed by atoms with van der Waals surface area (Å²) in [5.41, 5.74) is 0.465. The first kappa shape index (κ1) is 21.0. The van der Waals surface area contributed by atoms with Gasteiger partial charge in [-0.15, -0.1) is 0 Å². The monoisotopic (exact) mass is 493 g/mol.